The fraction of sp³-hybridized carbons (Fsp3) is 0.0952. The molecular weight excluding hydrogens is 324 g/mol. The first-order chi connectivity index (χ1) is 12.7. The minimum atomic E-state index is -0.241. The Balaban J connectivity index is 1.74. The van der Waals surface area contributed by atoms with Crippen LogP contribution in [0.2, 0.25) is 0 Å². The highest BCUT2D eigenvalue weighted by atomic mass is 16.1. The fourth-order valence-electron chi connectivity index (χ4n) is 3.00. The van der Waals surface area contributed by atoms with Crippen molar-refractivity contribution in [1.82, 2.24) is 15.0 Å². The summed E-state index contributed by atoms with van der Waals surface area (Å²) >= 11 is 0. The van der Waals surface area contributed by atoms with E-state index in [2.05, 4.69) is 20.3 Å². The SMILES string of the molecule is CC(Nc1nc(-c2cccc3ncccc23)c[nH]c1=O)c1ccccc1. The lowest BCUT2D eigenvalue weighted by Gasteiger charge is -2.15. The summed E-state index contributed by atoms with van der Waals surface area (Å²) in [7, 11) is 0. The van der Waals surface area contributed by atoms with E-state index in [1.807, 2.05) is 67.6 Å². The lowest BCUT2D eigenvalue weighted by Crippen LogP contribution is -2.18. The van der Waals surface area contributed by atoms with Crippen molar-refractivity contribution in [2.75, 3.05) is 5.32 Å². The van der Waals surface area contributed by atoms with Crippen LogP contribution in [0.5, 0.6) is 0 Å². The molecule has 4 rings (SSSR count). The maximum absolute atomic E-state index is 12.2. The highest BCUT2D eigenvalue weighted by molar-refractivity contribution is 5.93. The summed E-state index contributed by atoms with van der Waals surface area (Å²) in [6.45, 7) is 2.00. The lowest BCUT2D eigenvalue weighted by atomic mass is 10.1. The van der Waals surface area contributed by atoms with Crippen molar-refractivity contribution in [2.24, 2.45) is 0 Å². The maximum Gasteiger partial charge on any atom is 0.290 e. The lowest BCUT2D eigenvalue weighted by molar-refractivity contribution is 0.867. The molecular formula is C21H18N4O. The summed E-state index contributed by atoms with van der Waals surface area (Å²) in [5.41, 5.74) is 3.38. The monoisotopic (exact) mass is 342 g/mol. The zero-order chi connectivity index (χ0) is 17.9. The van der Waals surface area contributed by atoms with Crippen LogP contribution >= 0.6 is 0 Å². The summed E-state index contributed by atoms with van der Waals surface area (Å²) in [5.74, 6) is 0.305. The van der Waals surface area contributed by atoms with E-state index in [1.165, 1.54) is 0 Å². The van der Waals surface area contributed by atoms with Gasteiger partial charge >= 0.3 is 0 Å². The Bertz CT molecular complexity index is 1100. The van der Waals surface area contributed by atoms with Gasteiger partial charge in [-0.25, -0.2) is 4.98 Å². The molecule has 1 unspecified atom stereocenters. The normalized spacial score (nSPS) is 12.0. The molecule has 5 nitrogen and oxygen atoms in total. The number of hydrogen-bond donors (Lipinski definition) is 2. The Morgan fingerprint density at radius 2 is 1.85 bits per heavy atom. The quantitative estimate of drug-likeness (QED) is 0.584. The number of aromatic amines is 1. The predicted octanol–water partition coefficient (Wildman–Crippen LogP) is 4.16. The van der Waals surface area contributed by atoms with Crippen LogP contribution in [0, 0.1) is 0 Å². The summed E-state index contributed by atoms with van der Waals surface area (Å²) in [6, 6.07) is 19.7. The number of H-pyrrole nitrogens is 1. The molecule has 0 fully saturated rings. The number of pyridine rings is 1. The third-order valence-corrected chi connectivity index (χ3v) is 4.36. The standard InChI is InChI=1S/C21H18N4O/c1-14(15-7-3-2-4-8-15)24-20-21(26)23-13-19(25-20)17-9-5-11-18-16(17)10-6-12-22-18/h2-14H,1H3,(H,23,26)(H,24,25). The molecule has 0 saturated heterocycles. The first-order valence-electron chi connectivity index (χ1n) is 8.48. The van der Waals surface area contributed by atoms with Crippen LogP contribution in [0.3, 0.4) is 0 Å². The van der Waals surface area contributed by atoms with E-state index >= 15 is 0 Å². The number of rotatable bonds is 4. The predicted molar refractivity (Wildman–Crippen MR) is 104 cm³/mol. The van der Waals surface area contributed by atoms with E-state index in [-0.39, 0.29) is 11.6 Å². The van der Waals surface area contributed by atoms with Gasteiger partial charge in [-0.3, -0.25) is 9.78 Å². The first kappa shape index (κ1) is 16.0. The van der Waals surface area contributed by atoms with Crippen LogP contribution in [0.4, 0.5) is 5.82 Å². The van der Waals surface area contributed by atoms with Crippen molar-refractivity contribution in [3.63, 3.8) is 0 Å². The fourth-order valence-corrected chi connectivity index (χ4v) is 3.00. The summed E-state index contributed by atoms with van der Waals surface area (Å²) in [5, 5.41) is 4.21. The van der Waals surface area contributed by atoms with Crippen LogP contribution in [-0.4, -0.2) is 15.0 Å². The van der Waals surface area contributed by atoms with Gasteiger partial charge in [0.05, 0.1) is 17.3 Å². The second-order valence-corrected chi connectivity index (χ2v) is 6.12. The molecule has 0 aliphatic rings. The number of aromatic nitrogens is 3. The highest BCUT2D eigenvalue weighted by Gasteiger charge is 2.12. The molecule has 0 radical (unpaired) electrons. The van der Waals surface area contributed by atoms with Gasteiger partial charge in [-0.1, -0.05) is 48.5 Å². The van der Waals surface area contributed by atoms with Crippen LogP contribution in [-0.2, 0) is 0 Å². The minimum absolute atomic E-state index is 0.0331. The van der Waals surface area contributed by atoms with Gasteiger partial charge in [-0.2, -0.15) is 0 Å². The van der Waals surface area contributed by atoms with E-state index < -0.39 is 0 Å². The molecule has 0 aliphatic carbocycles. The number of nitrogens with zero attached hydrogens (tertiary/aromatic N) is 2. The topological polar surface area (TPSA) is 70.7 Å². The molecule has 0 bridgehead atoms. The van der Waals surface area contributed by atoms with E-state index in [0.717, 1.165) is 22.0 Å². The Morgan fingerprint density at radius 3 is 2.69 bits per heavy atom. The highest BCUT2D eigenvalue weighted by Crippen LogP contribution is 2.26. The third kappa shape index (κ3) is 3.07. The molecule has 5 heteroatoms. The molecule has 2 N–H and O–H groups in total. The first-order valence-corrected chi connectivity index (χ1v) is 8.48. The summed E-state index contributed by atoms with van der Waals surface area (Å²) in [4.78, 5) is 24.0. The molecule has 2 heterocycles. The Kier molecular flexibility index (Phi) is 4.19. The Labute approximate surface area is 150 Å². The summed E-state index contributed by atoms with van der Waals surface area (Å²) < 4.78 is 0. The molecule has 0 spiro atoms. The van der Waals surface area contributed by atoms with Crippen molar-refractivity contribution in [2.45, 2.75) is 13.0 Å². The van der Waals surface area contributed by atoms with Crippen LogP contribution in [0.25, 0.3) is 22.2 Å². The number of benzene rings is 2. The molecule has 4 aromatic rings. The molecule has 0 aliphatic heterocycles. The van der Waals surface area contributed by atoms with Gasteiger partial charge in [0, 0.05) is 23.3 Å². The molecule has 26 heavy (non-hydrogen) atoms. The molecule has 2 aromatic carbocycles. The van der Waals surface area contributed by atoms with Crippen molar-refractivity contribution in [3.05, 3.63) is 89.0 Å². The number of nitrogens with one attached hydrogen (secondary N) is 2. The van der Waals surface area contributed by atoms with Crippen molar-refractivity contribution in [3.8, 4) is 11.3 Å². The van der Waals surface area contributed by atoms with E-state index in [0.29, 0.717) is 11.5 Å². The number of fused-ring (bicyclic) bond motifs is 1. The molecule has 1 atom stereocenters. The minimum Gasteiger partial charge on any atom is -0.359 e. The molecule has 0 amide bonds. The third-order valence-electron chi connectivity index (χ3n) is 4.36. The van der Waals surface area contributed by atoms with E-state index in [9.17, 15) is 4.79 Å². The van der Waals surface area contributed by atoms with E-state index in [1.54, 1.807) is 12.4 Å². The zero-order valence-corrected chi connectivity index (χ0v) is 14.3. The Hall–Kier alpha value is -3.47. The van der Waals surface area contributed by atoms with Gasteiger partial charge in [-0.05, 0) is 24.6 Å². The van der Waals surface area contributed by atoms with Gasteiger partial charge in [-0.15, -0.1) is 0 Å². The van der Waals surface area contributed by atoms with Crippen molar-refractivity contribution < 1.29 is 0 Å². The van der Waals surface area contributed by atoms with Crippen molar-refractivity contribution >= 4 is 16.7 Å². The van der Waals surface area contributed by atoms with Crippen LogP contribution < -0.4 is 10.9 Å². The van der Waals surface area contributed by atoms with Gasteiger partial charge in [0.15, 0.2) is 5.82 Å². The molecule has 0 saturated carbocycles. The second-order valence-electron chi connectivity index (χ2n) is 6.12. The smallest absolute Gasteiger partial charge is 0.290 e. The molecule has 128 valence electrons. The second kappa shape index (κ2) is 6.80. The Morgan fingerprint density at radius 1 is 1.00 bits per heavy atom. The van der Waals surface area contributed by atoms with Gasteiger partial charge < -0.3 is 10.3 Å². The largest absolute Gasteiger partial charge is 0.359 e. The van der Waals surface area contributed by atoms with Crippen molar-refractivity contribution in [1.29, 1.82) is 0 Å². The summed E-state index contributed by atoms with van der Waals surface area (Å²) in [6.07, 6.45) is 3.41. The number of hydrogen-bond acceptors (Lipinski definition) is 4. The van der Waals surface area contributed by atoms with Crippen LogP contribution in [0.15, 0.2) is 77.9 Å². The maximum atomic E-state index is 12.2. The van der Waals surface area contributed by atoms with E-state index in [4.69, 9.17) is 0 Å². The average molecular weight is 342 g/mol. The van der Waals surface area contributed by atoms with Gasteiger partial charge in [0.25, 0.3) is 5.56 Å². The average Bonchev–Trinajstić information content (AvgIpc) is 2.70. The zero-order valence-electron chi connectivity index (χ0n) is 14.3. The number of anilines is 1. The molecule has 2 aromatic heterocycles. The van der Waals surface area contributed by atoms with Crippen LogP contribution in [0.1, 0.15) is 18.5 Å². The van der Waals surface area contributed by atoms with Gasteiger partial charge in [0.2, 0.25) is 0 Å². The van der Waals surface area contributed by atoms with Gasteiger partial charge in [0.1, 0.15) is 0 Å².